The summed E-state index contributed by atoms with van der Waals surface area (Å²) in [7, 11) is 1.76. The minimum atomic E-state index is -0.356. The molecule has 21 heavy (non-hydrogen) atoms. The third-order valence-electron chi connectivity index (χ3n) is 3.50. The fraction of sp³-hybridized carbons (Fsp3) is 0.357. The first kappa shape index (κ1) is 13.8. The Morgan fingerprint density at radius 2 is 2.29 bits per heavy atom. The number of nitrogens with one attached hydrogen (secondary N) is 1. The van der Waals surface area contributed by atoms with Crippen molar-refractivity contribution in [1.29, 1.82) is 0 Å². The molecule has 0 radical (unpaired) electrons. The molecule has 110 valence electrons. The smallest absolute Gasteiger partial charge is 0.311 e. The third-order valence-corrected chi connectivity index (χ3v) is 4.23. The number of nitrogens with zero attached hydrogens (tertiary/aromatic N) is 3. The Balaban J connectivity index is 1.99. The molecular weight excluding hydrogens is 288 g/mol. The minimum absolute atomic E-state index is 0.0659. The van der Waals surface area contributed by atoms with Crippen molar-refractivity contribution in [2.45, 2.75) is 25.4 Å². The molecule has 2 heterocycles. The summed E-state index contributed by atoms with van der Waals surface area (Å²) < 4.78 is 0. The Bertz CT molecular complexity index is 640. The summed E-state index contributed by atoms with van der Waals surface area (Å²) in [6.07, 6.45) is 2.12. The zero-order chi connectivity index (χ0) is 14.8. The molecule has 1 N–H and O–H groups in total. The molecule has 7 heteroatoms. The Morgan fingerprint density at radius 1 is 1.48 bits per heavy atom. The maximum absolute atomic E-state index is 11.3. The van der Waals surface area contributed by atoms with E-state index >= 15 is 0 Å². The average molecular weight is 304 g/mol. The van der Waals surface area contributed by atoms with Crippen LogP contribution in [0.15, 0.2) is 29.0 Å². The Kier molecular flexibility index (Phi) is 3.74. The van der Waals surface area contributed by atoms with E-state index in [0.29, 0.717) is 24.2 Å². The van der Waals surface area contributed by atoms with Gasteiger partial charge in [0.15, 0.2) is 0 Å². The molecule has 0 bridgehead atoms. The first-order valence-corrected chi connectivity index (χ1v) is 7.74. The molecule has 0 aromatic carbocycles. The second kappa shape index (κ2) is 5.69. The molecule has 0 unspecified atom stereocenters. The number of thiophene rings is 1. The third kappa shape index (κ3) is 2.97. The largest absolute Gasteiger partial charge is 0.373 e. The highest BCUT2D eigenvalue weighted by molar-refractivity contribution is 7.07. The minimum Gasteiger partial charge on any atom is -0.373 e. The van der Waals surface area contributed by atoms with Crippen molar-refractivity contribution >= 4 is 28.7 Å². The van der Waals surface area contributed by atoms with Gasteiger partial charge in [0.1, 0.15) is 5.82 Å². The molecule has 2 aromatic heterocycles. The molecule has 0 aliphatic heterocycles. The first-order valence-electron chi connectivity index (χ1n) is 6.80. The summed E-state index contributed by atoms with van der Waals surface area (Å²) in [5, 5.41) is 18.3. The Hall–Kier alpha value is -2.15. The van der Waals surface area contributed by atoms with Gasteiger partial charge < -0.3 is 10.2 Å². The summed E-state index contributed by atoms with van der Waals surface area (Å²) in [4.78, 5) is 17.4. The summed E-state index contributed by atoms with van der Waals surface area (Å²) >= 11 is 1.63. The van der Waals surface area contributed by atoms with Crippen molar-refractivity contribution in [2.75, 3.05) is 17.3 Å². The van der Waals surface area contributed by atoms with Gasteiger partial charge >= 0.3 is 5.69 Å². The van der Waals surface area contributed by atoms with Crippen LogP contribution in [0.1, 0.15) is 18.4 Å². The Labute approximate surface area is 126 Å². The molecule has 3 rings (SSSR count). The predicted octanol–water partition coefficient (Wildman–Crippen LogP) is 3.26. The van der Waals surface area contributed by atoms with E-state index in [2.05, 4.69) is 20.6 Å². The molecule has 0 spiro atoms. The number of rotatable bonds is 6. The van der Waals surface area contributed by atoms with Gasteiger partial charge in [-0.2, -0.15) is 11.3 Å². The van der Waals surface area contributed by atoms with Crippen LogP contribution in [0.3, 0.4) is 0 Å². The lowest BCUT2D eigenvalue weighted by molar-refractivity contribution is -0.384. The maximum atomic E-state index is 11.3. The summed E-state index contributed by atoms with van der Waals surface area (Å²) in [6.45, 7) is 0.662. The predicted molar refractivity (Wildman–Crippen MR) is 84.0 cm³/mol. The Morgan fingerprint density at radius 3 is 2.86 bits per heavy atom. The zero-order valence-corrected chi connectivity index (χ0v) is 12.5. The van der Waals surface area contributed by atoms with Gasteiger partial charge in [0.2, 0.25) is 5.82 Å². The van der Waals surface area contributed by atoms with E-state index in [9.17, 15) is 10.1 Å². The van der Waals surface area contributed by atoms with Crippen LogP contribution in [-0.2, 0) is 6.54 Å². The second-order valence-electron chi connectivity index (χ2n) is 5.04. The number of hydrogen-bond acceptors (Lipinski definition) is 6. The highest BCUT2D eigenvalue weighted by Crippen LogP contribution is 2.37. The lowest BCUT2D eigenvalue weighted by Crippen LogP contribution is -2.26. The van der Waals surface area contributed by atoms with Crippen molar-refractivity contribution in [1.82, 2.24) is 4.98 Å². The zero-order valence-electron chi connectivity index (χ0n) is 11.7. The molecule has 1 aliphatic rings. The molecule has 1 fully saturated rings. The van der Waals surface area contributed by atoms with E-state index in [-0.39, 0.29) is 10.6 Å². The number of aromatic nitrogens is 1. The molecular formula is C14H16N4O2S. The van der Waals surface area contributed by atoms with E-state index < -0.39 is 0 Å². The van der Waals surface area contributed by atoms with Gasteiger partial charge in [-0.05, 0) is 41.3 Å². The van der Waals surface area contributed by atoms with Gasteiger partial charge in [-0.3, -0.25) is 10.1 Å². The fourth-order valence-corrected chi connectivity index (χ4v) is 2.94. The standard InChI is InChI=1S/C14H16N4O2S/c1-15-13-5-4-12(18(19)20)14(16-13)17(11-2-3-11)8-10-6-7-21-9-10/h4-7,9,11H,2-3,8H2,1H3,(H,15,16). The van der Waals surface area contributed by atoms with Gasteiger partial charge in [0.05, 0.1) is 4.92 Å². The monoisotopic (exact) mass is 304 g/mol. The van der Waals surface area contributed by atoms with Gasteiger partial charge in [0.25, 0.3) is 0 Å². The van der Waals surface area contributed by atoms with Gasteiger partial charge in [-0.25, -0.2) is 4.98 Å². The van der Waals surface area contributed by atoms with E-state index in [4.69, 9.17) is 0 Å². The molecule has 1 saturated carbocycles. The fourth-order valence-electron chi connectivity index (χ4n) is 2.28. The topological polar surface area (TPSA) is 71.3 Å². The summed E-state index contributed by atoms with van der Waals surface area (Å²) in [5.41, 5.74) is 1.23. The molecule has 1 aliphatic carbocycles. The lowest BCUT2D eigenvalue weighted by Gasteiger charge is -2.23. The van der Waals surface area contributed by atoms with Gasteiger partial charge in [0, 0.05) is 25.7 Å². The van der Waals surface area contributed by atoms with E-state index in [1.54, 1.807) is 24.5 Å². The van der Waals surface area contributed by atoms with Crippen LogP contribution in [0.25, 0.3) is 0 Å². The number of anilines is 2. The van der Waals surface area contributed by atoms with Crippen molar-refractivity contribution in [3.05, 3.63) is 44.6 Å². The molecule has 2 aromatic rings. The number of hydrogen-bond donors (Lipinski definition) is 1. The average Bonchev–Trinajstić information content (AvgIpc) is 3.20. The molecule has 0 atom stereocenters. The lowest BCUT2D eigenvalue weighted by atomic mass is 10.2. The SMILES string of the molecule is CNc1ccc([N+](=O)[O-])c(N(Cc2ccsc2)C2CC2)n1. The van der Waals surface area contributed by atoms with Crippen molar-refractivity contribution in [2.24, 2.45) is 0 Å². The maximum Gasteiger partial charge on any atom is 0.311 e. The highest BCUT2D eigenvalue weighted by atomic mass is 32.1. The van der Waals surface area contributed by atoms with E-state index in [1.165, 1.54) is 6.07 Å². The van der Waals surface area contributed by atoms with Crippen LogP contribution in [0.4, 0.5) is 17.3 Å². The molecule has 0 amide bonds. The first-order chi connectivity index (χ1) is 10.2. The normalized spacial score (nSPS) is 14.0. The second-order valence-corrected chi connectivity index (χ2v) is 5.82. The van der Waals surface area contributed by atoms with Crippen molar-refractivity contribution < 1.29 is 4.92 Å². The van der Waals surface area contributed by atoms with Gasteiger partial charge in [-0.1, -0.05) is 0 Å². The van der Waals surface area contributed by atoms with Crippen molar-refractivity contribution in [3.8, 4) is 0 Å². The van der Waals surface area contributed by atoms with Crippen molar-refractivity contribution in [3.63, 3.8) is 0 Å². The van der Waals surface area contributed by atoms with Crippen LogP contribution < -0.4 is 10.2 Å². The van der Waals surface area contributed by atoms with E-state index in [1.807, 2.05) is 11.4 Å². The van der Waals surface area contributed by atoms with Gasteiger partial charge in [-0.15, -0.1) is 0 Å². The van der Waals surface area contributed by atoms with Crippen LogP contribution in [0, 0.1) is 10.1 Å². The van der Waals surface area contributed by atoms with E-state index in [0.717, 1.165) is 18.4 Å². The quantitative estimate of drug-likeness (QED) is 0.655. The van der Waals surface area contributed by atoms with Crippen LogP contribution in [0.2, 0.25) is 0 Å². The van der Waals surface area contributed by atoms with Crippen LogP contribution in [0.5, 0.6) is 0 Å². The molecule has 0 saturated heterocycles. The highest BCUT2D eigenvalue weighted by Gasteiger charge is 2.34. The summed E-state index contributed by atoms with van der Waals surface area (Å²) in [5.74, 6) is 1.10. The van der Waals surface area contributed by atoms with Crippen LogP contribution >= 0.6 is 11.3 Å². The van der Waals surface area contributed by atoms with Crippen LogP contribution in [-0.4, -0.2) is 23.0 Å². The molecule has 6 nitrogen and oxygen atoms in total. The number of pyridine rings is 1. The summed E-state index contributed by atoms with van der Waals surface area (Å²) in [6, 6.07) is 5.56. The number of nitro groups is 1.